The first-order valence-electron chi connectivity index (χ1n) is 6.96. The van der Waals surface area contributed by atoms with E-state index in [0.717, 1.165) is 17.3 Å². The number of hydrogen-bond acceptors (Lipinski definition) is 6. The van der Waals surface area contributed by atoms with E-state index in [0.29, 0.717) is 16.3 Å². The number of amides is 1. The maximum Gasteiger partial charge on any atom is 0.227 e. The van der Waals surface area contributed by atoms with Gasteiger partial charge in [0.15, 0.2) is 0 Å². The van der Waals surface area contributed by atoms with E-state index in [1.54, 1.807) is 25.4 Å². The second-order valence-corrected chi connectivity index (χ2v) is 6.16. The fourth-order valence-electron chi connectivity index (χ4n) is 2.65. The van der Waals surface area contributed by atoms with Gasteiger partial charge in [-0.3, -0.25) is 14.6 Å². The molecule has 1 aromatic heterocycles. The Kier molecular flexibility index (Phi) is 5.29. The molecule has 0 saturated carbocycles. The fraction of sp³-hybridized carbons (Fsp3) is 0.312. The van der Waals surface area contributed by atoms with Crippen LogP contribution in [0.25, 0.3) is 0 Å². The molecule has 0 fully saturated rings. The van der Waals surface area contributed by atoms with Gasteiger partial charge in [-0.15, -0.1) is 0 Å². The second-order valence-electron chi connectivity index (χ2n) is 5.19. The van der Waals surface area contributed by atoms with Crippen molar-refractivity contribution in [3.05, 3.63) is 40.7 Å². The Morgan fingerprint density at radius 1 is 1.48 bits per heavy atom. The number of primary amides is 1. The Labute approximate surface area is 138 Å². The summed E-state index contributed by atoms with van der Waals surface area (Å²) in [6.45, 7) is 3.25. The molecule has 1 aromatic rings. The van der Waals surface area contributed by atoms with E-state index >= 15 is 0 Å². The van der Waals surface area contributed by atoms with Crippen molar-refractivity contribution in [2.45, 2.75) is 19.8 Å². The van der Waals surface area contributed by atoms with E-state index in [1.807, 2.05) is 6.07 Å². The Bertz CT molecular complexity index is 734. The molecular weight excluding hydrogens is 312 g/mol. The second kappa shape index (κ2) is 7.20. The average molecular weight is 328 g/mol. The van der Waals surface area contributed by atoms with Crippen LogP contribution in [0.5, 0.6) is 0 Å². The van der Waals surface area contributed by atoms with Crippen LogP contribution < -0.4 is 5.73 Å². The van der Waals surface area contributed by atoms with Gasteiger partial charge in [0.25, 0.3) is 0 Å². The van der Waals surface area contributed by atoms with Crippen molar-refractivity contribution < 1.29 is 9.59 Å². The molecule has 2 heterocycles. The van der Waals surface area contributed by atoms with Gasteiger partial charge in [0.1, 0.15) is 10.8 Å². The van der Waals surface area contributed by atoms with Crippen LogP contribution >= 0.6 is 11.8 Å². The molecular formula is C16H16N4O2S. The summed E-state index contributed by atoms with van der Waals surface area (Å²) in [4.78, 5) is 31.6. The molecule has 2 rings (SSSR count). The van der Waals surface area contributed by atoms with Crippen LogP contribution in [-0.2, 0) is 9.59 Å². The number of thioether (sulfide) groups is 1. The maximum atomic E-state index is 12.1. The number of aliphatic imine (C=N–C) groups is 1. The minimum Gasteiger partial charge on any atom is -0.369 e. The van der Waals surface area contributed by atoms with Crippen LogP contribution in [0.15, 0.2) is 40.1 Å². The third kappa shape index (κ3) is 3.66. The highest BCUT2D eigenvalue weighted by atomic mass is 32.2. The molecule has 0 bridgehead atoms. The lowest BCUT2D eigenvalue weighted by Crippen LogP contribution is -2.31. The van der Waals surface area contributed by atoms with E-state index in [1.165, 1.54) is 6.92 Å². The number of pyridine rings is 1. The van der Waals surface area contributed by atoms with Crippen molar-refractivity contribution in [2.24, 2.45) is 16.6 Å². The number of nitrogens with zero attached hydrogens (tertiary/aromatic N) is 3. The van der Waals surface area contributed by atoms with E-state index in [-0.39, 0.29) is 11.5 Å². The first-order chi connectivity index (χ1) is 11.0. The van der Waals surface area contributed by atoms with E-state index in [4.69, 9.17) is 5.73 Å². The highest BCUT2D eigenvalue weighted by Gasteiger charge is 2.37. The molecule has 0 aliphatic carbocycles. The smallest absolute Gasteiger partial charge is 0.227 e. The van der Waals surface area contributed by atoms with Crippen LogP contribution in [0.4, 0.5) is 0 Å². The number of carbonyl (C=O) groups is 2. The minimum atomic E-state index is -0.508. The van der Waals surface area contributed by atoms with E-state index < -0.39 is 17.7 Å². The number of hydrogen-bond donors (Lipinski definition) is 1. The number of allylic oxidation sites excluding steroid dienone is 1. The SMILES string of the molecule is CC(=O)C1C(C)=NC(SCC(N)=O)=C(C#N)[C@@H]1c1cccnc1. The summed E-state index contributed by atoms with van der Waals surface area (Å²) in [7, 11) is 0. The summed E-state index contributed by atoms with van der Waals surface area (Å²) in [5.74, 6) is -1.47. The summed E-state index contributed by atoms with van der Waals surface area (Å²) in [5, 5.41) is 10.0. The Balaban J connectivity index is 2.56. The molecule has 0 saturated heterocycles. The van der Waals surface area contributed by atoms with Gasteiger partial charge in [0.05, 0.1) is 23.3 Å². The van der Waals surface area contributed by atoms with Crippen molar-refractivity contribution in [3.63, 3.8) is 0 Å². The van der Waals surface area contributed by atoms with Gasteiger partial charge < -0.3 is 5.73 Å². The van der Waals surface area contributed by atoms with Crippen molar-refractivity contribution in [1.29, 1.82) is 5.26 Å². The van der Waals surface area contributed by atoms with Crippen molar-refractivity contribution in [2.75, 3.05) is 5.75 Å². The number of rotatable bonds is 5. The van der Waals surface area contributed by atoms with Crippen LogP contribution in [-0.4, -0.2) is 28.1 Å². The molecule has 2 atom stereocenters. The van der Waals surface area contributed by atoms with Crippen molar-refractivity contribution in [3.8, 4) is 6.07 Å². The fourth-order valence-corrected chi connectivity index (χ4v) is 3.46. The molecule has 0 spiro atoms. The van der Waals surface area contributed by atoms with Gasteiger partial charge in [-0.2, -0.15) is 5.26 Å². The lowest BCUT2D eigenvalue weighted by Gasteiger charge is -2.29. The van der Waals surface area contributed by atoms with Crippen LogP contribution in [0.2, 0.25) is 0 Å². The molecule has 0 aromatic carbocycles. The molecule has 1 unspecified atom stereocenters. The number of Topliss-reactive ketones (excluding diaryl/α,β-unsaturated/α-hetero) is 1. The predicted octanol–water partition coefficient (Wildman–Crippen LogP) is 1.80. The number of ketones is 1. The number of aromatic nitrogens is 1. The number of nitrogens with two attached hydrogens (primary N) is 1. The topological polar surface area (TPSA) is 109 Å². The number of carbonyl (C=O) groups excluding carboxylic acids is 2. The Hall–Kier alpha value is -2.46. The van der Waals surface area contributed by atoms with Gasteiger partial charge in [0, 0.05) is 24.0 Å². The zero-order chi connectivity index (χ0) is 17.0. The highest BCUT2D eigenvalue weighted by Crippen LogP contribution is 2.41. The first kappa shape index (κ1) is 16.9. The van der Waals surface area contributed by atoms with Crippen LogP contribution in [0.3, 0.4) is 0 Å². The quantitative estimate of drug-likeness (QED) is 0.886. The summed E-state index contributed by atoms with van der Waals surface area (Å²) in [5.41, 5.74) is 6.94. The molecule has 2 N–H and O–H groups in total. The van der Waals surface area contributed by atoms with E-state index in [9.17, 15) is 14.9 Å². The van der Waals surface area contributed by atoms with Crippen LogP contribution in [0.1, 0.15) is 25.3 Å². The molecule has 0 radical (unpaired) electrons. The molecule has 1 aliphatic rings. The highest BCUT2D eigenvalue weighted by molar-refractivity contribution is 8.03. The predicted molar refractivity (Wildman–Crippen MR) is 88.5 cm³/mol. The normalized spacial score (nSPS) is 20.7. The van der Waals surface area contributed by atoms with Crippen LogP contribution in [0, 0.1) is 17.2 Å². The molecule has 118 valence electrons. The Morgan fingerprint density at radius 3 is 2.74 bits per heavy atom. The summed E-state index contributed by atoms with van der Waals surface area (Å²) >= 11 is 1.12. The molecule has 23 heavy (non-hydrogen) atoms. The molecule has 1 amide bonds. The zero-order valence-corrected chi connectivity index (χ0v) is 13.6. The van der Waals surface area contributed by atoms with Gasteiger partial charge in [0.2, 0.25) is 5.91 Å². The molecule has 6 nitrogen and oxygen atoms in total. The summed E-state index contributed by atoms with van der Waals surface area (Å²) in [6.07, 6.45) is 3.28. The van der Waals surface area contributed by atoms with Crippen molar-refractivity contribution >= 4 is 29.2 Å². The zero-order valence-electron chi connectivity index (χ0n) is 12.8. The number of nitriles is 1. The molecule has 7 heteroatoms. The third-order valence-electron chi connectivity index (χ3n) is 3.56. The largest absolute Gasteiger partial charge is 0.369 e. The average Bonchev–Trinajstić information content (AvgIpc) is 2.52. The van der Waals surface area contributed by atoms with E-state index in [2.05, 4.69) is 16.0 Å². The lowest BCUT2D eigenvalue weighted by atomic mass is 9.76. The summed E-state index contributed by atoms with van der Waals surface area (Å²) < 4.78 is 0. The first-order valence-corrected chi connectivity index (χ1v) is 7.95. The monoisotopic (exact) mass is 328 g/mol. The molecule has 1 aliphatic heterocycles. The maximum absolute atomic E-state index is 12.1. The van der Waals surface area contributed by atoms with Gasteiger partial charge >= 0.3 is 0 Å². The lowest BCUT2D eigenvalue weighted by molar-refractivity contribution is -0.119. The third-order valence-corrected chi connectivity index (χ3v) is 4.57. The summed E-state index contributed by atoms with van der Waals surface area (Å²) in [6, 6.07) is 5.75. The van der Waals surface area contributed by atoms with Gasteiger partial charge in [-0.25, -0.2) is 4.99 Å². The minimum absolute atomic E-state index is 0.0296. The standard InChI is InChI=1S/C16H16N4O2S/c1-9-14(10(2)21)15(11-4-3-5-19-7-11)12(6-17)16(20-9)23-8-13(18)22/h3-5,7,14-15H,8H2,1-2H3,(H2,18,22)/t14?,15-/m0/s1. The van der Waals surface area contributed by atoms with Crippen molar-refractivity contribution in [1.82, 2.24) is 4.98 Å². The Morgan fingerprint density at radius 2 is 2.22 bits per heavy atom. The van der Waals surface area contributed by atoms with Gasteiger partial charge in [-0.1, -0.05) is 17.8 Å². The van der Waals surface area contributed by atoms with Gasteiger partial charge in [-0.05, 0) is 25.5 Å².